The average Bonchev–Trinajstić information content (AvgIpc) is 3.08. The van der Waals surface area contributed by atoms with Gasteiger partial charge in [0.05, 0.1) is 30.9 Å². The van der Waals surface area contributed by atoms with E-state index in [1.807, 2.05) is 0 Å². The fourth-order valence-electron chi connectivity index (χ4n) is 2.88. The number of benzene rings is 1. The summed E-state index contributed by atoms with van der Waals surface area (Å²) < 4.78 is 37.6. The molecule has 1 amide bonds. The number of ether oxygens (including phenoxy) is 1. The first-order valence-corrected chi connectivity index (χ1v) is 8.43. The van der Waals surface area contributed by atoms with Crippen molar-refractivity contribution in [3.05, 3.63) is 41.9 Å². The Labute approximate surface area is 153 Å². The molecule has 3 rings (SSSR count). The van der Waals surface area contributed by atoms with E-state index in [-0.39, 0.29) is 55.5 Å². The topological polar surface area (TPSA) is 92.9 Å². The van der Waals surface area contributed by atoms with Gasteiger partial charge in [0.25, 0.3) is 0 Å². The first-order valence-electron chi connectivity index (χ1n) is 8.43. The summed E-state index contributed by atoms with van der Waals surface area (Å²) >= 11 is 0. The van der Waals surface area contributed by atoms with Gasteiger partial charge in [-0.25, -0.2) is 13.8 Å². The molecule has 1 aromatic carbocycles. The van der Waals surface area contributed by atoms with Crippen molar-refractivity contribution < 1.29 is 32.6 Å². The number of carbonyl (C=O) groups excluding carboxylic acids is 1. The van der Waals surface area contributed by atoms with Crippen molar-refractivity contribution in [3.63, 3.8) is 0 Å². The third-order valence-electron chi connectivity index (χ3n) is 4.20. The Hall–Kier alpha value is -2.81. The van der Waals surface area contributed by atoms with Gasteiger partial charge in [0.1, 0.15) is 11.6 Å². The molecular weight excluding hydrogens is 362 g/mol. The number of aryl methyl sites for hydroxylation is 1. The Balaban J connectivity index is 1.56. The van der Waals surface area contributed by atoms with E-state index >= 15 is 0 Å². The fourth-order valence-corrected chi connectivity index (χ4v) is 2.88. The maximum Gasteiger partial charge on any atom is 0.306 e. The lowest BCUT2D eigenvalue weighted by Gasteiger charge is -2.32. The predicted molar refractivity (Wildman–Crippen MR) is 88.7 cm³/mol. The zero-order valence-corrected chi connectivity index (χ0v) is 14.4. The molecule has 9 heteroatoms. The molecule has 7 nitrogen and oxygen atoms in total. The van der Waals surface area contributed by atoms with Gasteiger partial charge in [-0.2, -0.15) is 0 Å². The van der Waals surface area contributed by atoms with E-state index in [2.05, 4.69) is 4.98 Å². The number of aliphatic carboxylic acids is 1. The van der Waals surface area contributed by atoms with Crippen LogP contribution in [0.4, 0.5) is 8.78 Å². The van der Waals surface area contributed by atoms with E-state index in [4.69, 9.17) is 14.3 Å². The van der Waals surface area contributed by atoms with E-state index in [1.54, 1.807) is 4.90 Å². The van der Waals surface area contributed by atoms with E-state index in [9.17, 15) is 18.4 Å². The number of carbonyl (C=O) groups is 2. The molecule has 1 fully saturated rings. The maximum absolute atomic E-state index is 13.8. The number of oxazole rings is 1. The van der Waals surface area contributed by atoms with Crippen LogP contribution in [0.25, 0.3) is 11.3 Å². The summed E-state index contributed by atoms with van der Waals surface area (Å²) in [4.78, 5) is 28.7. The molecule has 0 aliphatic carbocycles. The summed E-state index contributed by atoms with van der Waals surface area (Å²) in [7, 11) is 0. The summed E-state index contributed by atoms with van der Waals surface area (Å²) in [6.45, 7) is 0.909. The molecule has 0 spiro atoms. The summed E-state index contributed by atoms with van der Waals surface area (Å²) in [6, 6.07) is 3.14. The third kappa shape index (κ3) is 4.88. The van der Waals surface area contributed by atoms with Crippen molar-refractivity contribution in [3.8, 4) is 11.3 Å². The molecule has 144 valence electrons. The smallest absolute Gasteiger partial charge is 0.306 e. The van der Waals surface area contributed by atoms with Crippen molar-refractivity contribution in [1.29, 1.82) is 0 Å². The average molecular weight is 380 g/mol. The molecular formula is C18H18F2N2O5. The van der Waals surface area contributed by atoms with Gasteiger partial charge in [0, 0.05) is 32.0 Å². The molecule has 2 aromatic rings. The molecule has 0 saturated carbocycles. The molecule has 0 bridgehead atoms. The van der Waals surface area contributed by atoms with Crippen LogP contribution in [0.3, 0.4) is 0 Å². The highest BCUT2D eigenvalue weighted by atomic mass is 19.1. The van der Waals surface area contributed by atoms with E-state index in [0.717, 1.165) is 12.1 Å². The van der Waals surface area contributed by atoms with Crippen LogP contribution in [-0.2, 0) is 20.7 Å². The number of nitrogens with zero attached hydrogens (tertiary/aromatic N) is 2. The van der Waals surface area contributed by atoms with Gasteiger partial charge in [-0.15, -0.1) is 0 Å². The van der Waals surface area contributed by atoms with Crippen LogP contribution in [0.15, 0.2) is 28.8 Å². The van der Waals surface area contributed by atoms with Crippen LogP contribution in [-0.4, -0.2) is 52.7 Å². The highest BCUT2D eigenvalue weighted by molar-refractivity contribution is 5.76. The first-order chi connectivity index (χ1) is 12.9. The molecule has 0 radical (unpaired) electrons. The van der Waals surface area contributed by atoms with Crippen LogP contribution in [0.2, 0.25) is 0 Å². The molecule has 1 atom stereocenters. The standard InChI is InChI=1S/C18H18F2N2O5/c19-11-1-2-13(14(20)7-11)15-9-21-16(27-15)3-4-17(23)22-5-6-26-12(10-22)8-18(24)25/h1-2,7,9,12H,3-6,8,10H2,(H,24,25)/t12-/m0/s1. The number of amides is 1. The van der Waals surface area contributed by atoms with E-state index in [0.29, 0.717) is 6.54 Å². The normalized spacial score (nSPS) is 17.1. The zero-order valence-electron chi connectivity index (χ0n) is 14.4. The minimum Gasteiger partial charge on any atom is -0.481 e. The van der Waals surface area contributed by atoms with Gasteiger partial charge >= 0.3 is 5.97 Å². The Morgan fingerprint density at radius 1 is 1.33 bits per heavy atom. The summed E-state index contributed by atoms with van der Waals surface area (Å²) in [5.74, 6) is -2.17. The summed E-state index contributed by atoms with van der Waals surface area (Å²) in [6.07, 6.45) is 0.980. The lowest BCUT2D eigenvalue weighted by molar-refractivity contribution is -0.147. The van der Waals surface area contributed by atoms with Crippen LogP contribution in [0, 0.1) is 11.6 Å². The largest absolute Gasteiger partial charge is 0.481 e. The molecule has 1 aliphatic heterocycles. The van der Waals surface area contributed by atoms with Crippen molar-refractivity contribution >= 4 is 11.9 Å². The number of hydrogen-bond donors (Lipinski definition) is 1. The molecule has 1 saturated heterocycles. The predicted octanol–water partition coefficient (Wildman–Crippen LogP) is 2.25. The van der Waals surface area contributed by atoms with Crippen LogP contribution in [0.1, 0.15) is 18.7 Å². The lowest BCUT2D eigenvalue weighted by Crippen LogP contribution is -2.46. The van der Waals surface area contributed by atoms with Gasteiger partial charge in [0.2, 0.25) is 5.91 Å². The number of aromatic nitrogens is 1. The Morgan fingerprint density at radius 2 is 2.15 bits per heavy atom. The molecule has 2 heterocycles. The first kappa shape index (κ1) is 19.0. The number of hydrogen-bond acceptors (Lipinski definition) is 5. The molecule has 1 aromatic heterocycles. The van der Waals surface area contributed by atoms with Gasteiger partial charge in [-0.05, 0) is 12.1 Å². The monoisotopic (exact) mass is 380 g/mol. The molecule has 27 heavy (non-hydrogen) atoms. The number of carboxylic acids is 1. The third-order valence-corrected chi connectivity index (χ3v) is 4.20. The van der Waals surface area contributed by atoms with Gasteiger partial charge < -0.3 is 19.2 Å². The van der Waals surface area contributed by atoms with Gasteiger partial charge in [-0.3, -0.25) is 9.59 Å². The zero-order chi connectivity index (χ0) is 19.4. The number of halogens is 2. The van der Waals surface area contributed by atoms with Crippen LogP contribution in [0.5, 0.6) is 0 Å². The number of morpholine rings is 1. The van der Waals surface area contributed by atoms with Crippen LogP contribution < -0.4 is 0 Å². The van der Waals surface area contributed by atoms with Crippen molar-refractivity contribution in [1.82, 2.24) is 9.88 Å². The van der Waals surface area contributed by atoms with Gasteiger partial charge in [0.15, 0.2) is 11.7 Å². The van der Waals surface area contributed by atoms with Crippen LogP contribution >= 0.6 is 0 Å². The summed E-state index contributed by atoms with van der Waals surface area (Å²) in [5.41, 5.74) is 0.0890. The van der Waals surface area contributed by atoms with Gasteiger partial charge in [-0.1, -0.05) is 0 Å². The quantitative estimate of drug-likeness (QED) is 0.826. The minimum atomic E-state index is -0.977. The highest BCUT2D eigenvalue weighted by Crippen LogP contribution is 2.24. The Bertz CT molecular complexity index is 839. The molecule has 1 N–H and O–H groups in total. The molecule has 1 aliphatic rings. The van der Waals surface area contributed by atoms with E-state index in [1.165, 1.54) is 12.3 Å². The van der Waals surface area contributed by atoms with Crippen molar-refractivity contribution in [2.45, 2.75) is 25.4 Å². The minimum absolute atomic E-state index is 0.0890. The number of carboxylic acid groups (broad SMARTS) is 1. The highest BCUT2D eigenvalue weighted by Gasteiger charge is 2.26. The second kappa shape index (κ2) is 8.26. The Morgan fingerprint density at radius 3 is 2.89 bits per heavy atom. The second-order valence-electron chi connectivity index (χ2n) is 6.17. The maximum atomic E-state index is 13.8. The lowest BCUT2D eigenvalue weighted by atomic mass is 10.2. The molecule has 0 unspecified atom stereocenters. The van der Waals surface area contributed by atoms with E-state index < -0.39 is 23.7 Å². The van der Waals surface area contributed by atoms with Crippen molar-refractivity contribution in [2.75, 3.05) is 19.7 Å². The number of rotatable bonds is 6. The van der Waals surface area contributed by atoms with Crippen molar-refractivity contribution in [2.24, 2.45) is 0 Å². The second-order valence-corrected chi connectivity index (χ2v) is 6.17. The fraction of sp³-hybridized carbons (Fsp3) is 0.389. The summed E-state index contributed by atoms with van der Waals surface area (Å²) in [5, 5.41) is 8.82. The Kier molecular flexibility index (Phi) is 5.80. The SMILES string of the molecule is O=C(O)C[C@H]1CN(C(=O)CCc2ncc(-c3ccc(F)cc3F)o2)CCO1.